The molecule has 0 atom stereocenters. The van der Waals surface area contributed by atoms with E-state index < -0.39 is 8.07 Å². The van der Waals surface area contributed by atoms with E-state index in [1.807, 2.05) is 48.7 Å². The summed E-state index contributed by atoms with van der Waals surface area (Å²) in [6, 6.07) is 166. The number of pyridine rings is 1. The van der Waals surface area contributed by atoms with Gasteiger partial charge in [-0.25, -0.2) is 9.97 Å². The lowest BCUT2D eigenvalue weighted by Crippen LogP contribution is -2.74. The zero-order chi connectivity index (χ0) is 80.2. The van der Waals surface area contributed by atoms with E-state index in [2.05, 4.69) is 437 Å². The van der Waals surface area contributed by atoms with Crippen LogP contribution in [0.15, 0.2) is 467 Å². The third-order valence-corrected chi connectivity index (χ3v) is 28.9. The minimum Gasteiger partial charge on any atom is -0.309 e. The molecule has 0 bridgehead atoms. The minimum absolute atomic E-state index is 0.892. The van der Waals surface area contributed by atoms with Gasteiger partial charge in [0.2, 0.25) is 0 Å². The number of para-hydroxylation sites is 9. The highest BCUT2D eigenvalue weighted by molar-refractivity contribution is 7.20. The summed E-state index contributed by atoms with van der Waals surface area (Å²) in [6.45, 7) is 0. The lowest BCUT2D eigenvalue weighted by molar-refractivity contribution is 1.18. The Hall–Kier alpha value is -15.9. The number of hydrogen-bond acceptors (Lipinski definition) is 3. The summed E-state index contributed by atoms with van der Waals surface area (Å²) in [6.07, 6.45) is 1.90. The molecule has 24 aromatic rings. The summed E-state index contributed by atoms with van der Waals surface area (Å²) in [4.78, 5) is 14.8. The van der Waals surface area contributed by atoms with Crippen LogP contribution in [-0.2, 0) is 0 Å². The van der Waals surface area contributed by atoms with Gasteiger partial charge in [0.05, 0.1) is 72.2 Å². The van der Waals surface area contributed by atoms with Crippen LogP contribution in [0, 0.1) is 0 Å². The molecule has 0 saturated carbocycles. The predicted octanol–water partition coefficient (Wildman–Crippen LogP) is 26.0. The normalized spacial score (nSPS) is 11.6. The van der Waals surface area contributed by atoms with E-state index in [1.165, 1.54) is 141 Å². The molecule has 0 aliphatic carbocycles. The summed E-state index contributed by atoms with van der Waals surface area (Å²) >= 11 is 0. The van der Waals surface area contributed by atoms with Crippen molar-refractivity contribution in [1.82, 2.24) is 33.2 Å². The van der Waals surface area contributed by atoms with Crippen molar-refractivity contribution < 1.29 is 0 Å². The van der Waals surface area contributed by atoms with E-state index in [9.17, 15) is 0 Å². The number of rotatable bonds is 12. The van der Waals surface area contributed by atoms with Crippen molar-refractivity contribution >= 4 is 138 Å². The molecule has 0 spiro atoms. The Balaban J connectivity index is 0.000000110. The molecule has 121 heavy (non-hydrogen) atoms. The van der Waals surface area contributed by atoms with Crippen LogP contribution in [-0.4, -0.2) is 41.3 Å². The maximum absolute atomic E-state index is 5.04. The van der Waals surface area contributed by atoms with Gasteiger partial charge >= 0.3 is 0 Å². The summed E-state index contributed by atoms with van der Waals surface area (Å²) in [5, 5.41) is 18.0. The fourth-order valence-electron chi connectivity index (χ4n) is 18.6. The SMILES string of the molecule is c1ccc(-c2nc3ccccc3nc2-c2ccc(-n3c4ccccc4c4ccccc43)cc2)cc1.c1ccc(-n2c3ccccc3c3cc(-c4ccc5c6ccccc6n(-c6ccccc6)c5c4)ccc32)cc1.c1ccc([Si](c2ccccc2)(c2ccccc2)c2ccc3c(c2)c2ccccc2n3-c2ccc(-c3nccc4ccccc34)cc2)cc1. The molecule has 8 heteroatoms. The molecule has 0 fully saturated rings. The number of nitrogens with zero attached hydrogens (tertiary/aromatic N) is 7. The monoisotopic (exact) mass is 1560 g/mol. The average molecular weight is 1560 g/mol. The first kappa shape index (κ1) is 71.7. The van der Waals surface area contributed by atoms with Crippen molar-refractivity contribution in [3.63, 3.8) is 0 Å². The smallest absolute Gasteiger partial charge is 0.179 e. The summed E-state index contributed by atoms with van der Waals surface area (Å²) in [7, 11) is -2.66. The van der Waals surface area contributed by atoms with E-state index in [4.69, 9.17) is 15.0 Å². The molecule has 6 heterocycles. The number of fused-ring (bicyclic) bond motifs is 14. The Morgan fingerprint density at radius 3 is 0.942 bits per heavy atom. The highest BCUT2D eigenvalue weighted by atomic mass is 28.3. The van der Waals surface area contributed by atoms with E-state index in [0.29, 0.717) is 0 Å². The molecular weight excluding hydrogens is 1480 g/mol. The lowest BCUT2D eigenvalue weighted by Gasteiger charge is -2.34. The Labute approximate surface area is 701 Å². The Morgan fingerprint density at radius 1 is 0.174 bits per heavy atom. The Kier molecular flexibility index (Phi) is 18.1. The van der Waals surface area contributed by atoms with Crippen LogP contribution in [0.2, 0.25) is 0 Å². The number of hydrogen-bond donors (Lipinski definition) is 0. The van der Waals surface area contributed by atoms with E-state index in [-0.39, 0.29) is 0 Å². The van der Waals surface area contributed by atoms with Gasteiger partial charge in [-0.2, -0.15) is 0 Å². The van der Waals surface area contributed by atoms with Crippen LogP contribution in [0.3, 0.4) is 0 Å². The van der Waals surface area contributed by atoms with Crippen molar-refractivity contribution in [1.29, 1.82) is 0 Å². The first-order valence-corrected chi connectivity index (χ1v) is 43.3. The number of aromatic nitrogens is 7. The van der Waals surface area contributed by atoms with Gasteiger partial charge in [0, 0.05) is 94.1 Å². The van der Waals surface area contributed by atoms with Crippen LogP contribution in [0.25, 0.3) is 177 Å². The largest absolute Gasteiger partial charge is 0.309 e. The van der Waals surface area contributed by atoms with Crippen LogP contribution >= 0.6 is 0 Å². The minimum atomic E-state index is -2.66. The average Bonchev–Trinajstić information content (AvgIpc) is 1.71. The summed E-state index contributed by atoms with van der Waals surface area (Å²) in [5.74, 6) is 0. The summed E-state index contributed by atoms with van der Waals surface area (Å²) in [5.41, 5.74) is 24.6. The highest BCUT2D eigenvalue weighted by Crippen LogP contribution is 2.41. The van der Waals surface area contributed by atoms with Crippen LogP contribution in [0.4, 0.5) is 0 Å². The van der Waals surface area contributed by atoms with Crippen LogP contribution in [0.1, 0.15) is 0 Å². The van der Waals surface area contributed by atoms with E-state index >= 15 is 0 Å². The molecule has 24 rings (SSSR count). The molecule has 6 aromatic heterocycles. The van der Waals surface area contributed by atoms with Gasteiger partial charge in [0.25, 0.3) is 0 Å². The van der Waals surface area contributed by atoms with Gasteiger partial charge in [-0.1, -0.05) is 340 Å². The van der Waals surface area contributed by atoms with Crippen molar-refractivity contribution in [2.24, 2.45) is 0 Å². The third-order valence-electron chi connectivity index (χ3n) is 24.1. The molecule has 0 unspecified atom stereocenters. The van der Waals surface area contributed by atoms with Crippen molar-refractivity contribution in [3.8, 4) is 67.6 Å². The maximum Gasteiger partial charge on any atom is 0.179 e. The van der Waals surface area contributed by atoms with Gasteiger partial charge in [-0.15, -0.1) is 0 Å². The standard InChI is InChI=1S/C45H32N2Si.C36H24N2.C32H21N3/c1-4-15-36(16-5-1)48(37-17-6-2-7-18-37,38-19-8-3-9-20-38)39-28-29-44-42(32-39)41-22-12-13-23-43(41)47(44)35-26-24-34(25-27-35)45-40-21-11-10-14-33(40)30-31-46-45;1-3-11-27(12-4-1)37-34-18-10-8-16-30(34)32-23-25(20-22-35(32)37)26-19-21-31-29-15-7-9-17-33(29)38(36(31)24-26)28-13-5-2-6-14-28;1-2-10-22(11-3-1)31-32(34-28-15-7-6-14-27(28)33-31)23-18-20-24(21-19-23)35-29-16-8-4-12-25(29)26-13-5-9-17-30(26)35/h1-32H;1-24H;1-21H. The van der Waals surface area contributed by atoms with Gasteiger partial charge in [-0.3, -0.25) is 4.98 Å². The fraction of sp³-hybridized carbons (Fsp3) is 0. The molecule has 0 aliphatic heterocycles. The fourth-order valence-corrected chi connectivity index (χ4v) is 23.4. The molecule has 0 saturated heterocycles. The highest BCUT2D eigenvalue weighted by Gasteiger charge is 2.42. The third kappa shape index (κ3) is 12.6. The van der Waals surface area contributed by atoms with Crippen LogP contribution in [0.5, 0.6) is 0 Å². The quantitative estimate of drug-likeness (QED) is 0.0905. The summed E-state index contributed by atoms with van der Waals surface area (Å²) < 4.78 is 9.49. The molecule has 18 aromatic carbocycles. The van der Waals surface area contributed by atoms with Gasteiger partial charge in [0.1, 0.15) is 0 Å². The lowest BCUT2D eigenvalue weighted by atomic mass is 10.0. The molecule has 0 radical (unpaired) electrons. The molecule has 7 nitrogen and oxygen atoms in total. The van der Waals surface area contributed by atoms with Gasteiger partial charge < -0.3 is 18.3 Å². The first-order valence-electron chi connectivity index (χ1n) is 41.3. The van der Waals surface area contributed by atoms with Crippen molar-refractivity contribution in [2.75, 3.05) is 0 Å². The van der Waals surface area contributed by atoms with Gasteiger partial charge in [0.15, 0.2) is 8.07 Å². The predicted molar refractivity (Wildman–Crippen MR) is 510 cm³/mol. The van der Waals surface area contributed by atoms with E-state index in [0.717, 1.165) is 56.2 Å². The van der Waals surface area contributed by atoms with Crippen molar-refractivity contribution in [3.05, 3.63) is 467 Å². The maximum atomic E-state index is 5.04. The van der Waals surface area contributed by atoms with Crippen molar-refractivity contribution in [2.45, 2.75) is 0 Å². The molecular formula is C113H77N7Si. The number of benzene rings is 18. The topological polar surface area (TPSA) is 58.4 Å². The molecule has 568 valence electrons. The van der Waals surface area contributed by atoms with Crippen LogP contribution < -0.4 is 20.7 Å². The Bertz CT molecular complexity index is 7820. The second-order valence-corrected chi connectivity index (χ2v) is 34.7. The first-order chi connectivity index (χ1) is 60.1. The second kappa shape index (κ2) is 30.6. The zero-order valence-corrected chi connectivity index (χ0v) is 67.1. The zero-order valence-electron chi connectivity index (χ0n) is 66.1. The molecule has 0 N–H and O–H groups in total. The van der Waals surface area contributed by atoms with E-state index in [1.54, 1.807) is 0 Å². The van der Waals surface area contributed by atoms with Gasteiger partial charge in [-0.05, 0) is 159 Å². The molecule has 0 aliphatic rings. The molecule has 0 amide bonds. The Morgan fingerprint density at radius 2 is 0.479 bits per heavy atom. The second-order valence-electron chi connectivity index (χ2n) is 30.9.